The van der Waals surface area contributed by atoms with Crippen LogP contribution in [-0.4, -0.2) is 54.3 Å². The van der Waals surface area contributed by atoms with E-state index in [9.17, 15) is 18.0 Å². The predicted molar refractivity (Wildman–Crippen MR) is 119 cm³/mol. The van der Waals surface area contributed by atoms with Gasteiger partial charge in [-0.25, -0.2) is 8.42 Å². The van der Waals surface area contributed by atoms with Crippen molar-refractivity contribution in [1.82, 2.24) is 13.8 Å². The average Bonchev–Trinajstić information content (AvgIpc) is 2.75. The lowest BCUT2D eigenvalue weighted by atomic mass is 10.2. The van der Waals surface area contributed by atoms with Gasteiger partial charge in [-0.3, -0.25) is 9.59 Å². The van der Waals surface area contributed by atoms with E-state index in [-0.39, 0.29) is 31.0 Å². The molecule has 31 heavy (non-hydrogen) atoms. The van der Waals surface area contributed by atoms with Crippen molar-refractivity contribution >= 4 is 26.8 Å². The SMILES string of the molecule is Cc1ccc(S(=O)(=O)N2CCN(C(=O)Cn3ccc(=O)c4ccccc43)CC2)c(C)c1. The van der Waals surface area contributed by atoms with Crippen molar-refractivity contribution in [3.63, 3.8) is 0 Å². The van der Waals surface area contributed by atoms with Crippen LogP contribution in [-0.2, 0) is 21.4 Å². The lowest BCUT2D eigenvalue weighted by Crippen LogP contribution is -2.51. The van der Waals surface area contributed by atoms with E-state index in [1.54, 1.807) is 46.9 Å². The number of amides is 1. The first-order valence-electron chi connectivity index (χ1n) is 10.2. The molecule has 1 aliphatic heterocycles. The minimum Gasteiger partial charge on any atom is -0.339 e. The molecule has 0 aliphatic carbocycles. The van der Waals surface area contributed by atoms with Crippen LogP contribution >= 0.6 is 0 Å². The van der Waals surface area contributed by atoms with Crippen molar-refractivity contribution in [2.45, 2.75) is 25.3 Å². The van der Waals surface area contributed by atoms with Gasteiger partial charge in [0.2, 0.25) is 15.9 Å². The number of nitrogens with zero attached hydrogens (tertiary/aromatic N) is 3. The molecule has 1 aromatic heterocycles. The van der Waals surface area contributed by atoms with Gasteiger partial charge in [-0.05, 0) is 37.6 Å². The van der Waals surface area contributed by atoms with E-state index in [4.69, 9.17) is 0 Å². The number of fused-ring (bicyclic) bond motifs is 1. The summed E-state index contributed by atoms with van der Waals surface area (Å²) in [6.07, 6.45) is 1.63. The highest BCUT2D eigenvalue weighted by Crippen LogP contribution is 2.22. The Kier molecular flexibility index (Phi) is 5.68. The van der Waals surface area contributed by atoms with E-state index >= 15 is 0 Å². The first kappa shape index (κ1) is 21.3. The monoisotopic (exact) mass is 439 g/mol. The summed E-state index contributed by atoms with van der Waals surface area (Å²) in [6, 6.07) is 14.0. The third-order valence-corrected chi connectivity index (χ3v) is 7.79. The molecule has 0 N–H and O–H groups in total. The van der Waals surface area contributed by atoms with Crippen LogP contribution in [0.2, 0.25) is 0 Å². The fourth-order valence-corrected chi connectivity index (χ4v) is 5.68. The van der Waals surface area contributed by atoms with Crippen LogP contribution in [0.4, 0.5) is 0 Å². The number of benzene rings is 2. The molecular formula is C23H25N3O4S. The number of para-hydroxylation sites is 1. The van der Waals surface area contributed by atoms with Gasteiger partial charge in [0.05, 0.1) is 10.4 Å². The Bertz CT molecular complexity index is 1310. The summed E-state index contributed by atoms with van der Waals surface area (Å²) in [5.41, 5.74) is 2.37. The first-order chi connectivity index (χ1) is 14.8. The maximum atomic E-state index is 13.1. The number of sulfonamides is 1. The maximum absolute atomic E-state index is 13.1. The van der Waals surface area contributed by atoms with Crippen molar-refractivity contribution in [1.29, 1.82) is 0 Å². The van der Waals surface area contributed by atoms with Crippen LogP contribution in [0.3, 0.4) is 0 Å². The van der Waals surface area contributed by atoms with Gasteiger partial charge >= 0.3 is 0 Å². The molecule has 2 aromatic carbocycles. The van der Waals surface area contributed by atoms with Crippen molar-refractivity contribution < 1.29 is 13.2 Å². The Morgan fingerprint density at radius 1 is 0.968 bits per heavy atom. The zero-order valence-corrected chi connectivity index (χ0v) is 18.4. The highest BCUT2D eigenvalue weighted by atomic mass is 32.2. The van der Waals surface area contributed by atoms with Crippen molar-refractivity contribution in [3.8, 4) is 0 Å². The molecule has 1 saturated heterocycles. The third kappa shape index (κ3) is 4.13. The molecule has 1 amide bonds. The summed E-state index contributed by atoms with van der Waals surface area (Å²) in [4.78, 5) is 26.9. The Morgan fingerprint density at radius 3 is 2.39 bits per heavy atom. The molecule has 1 fully saturated rings. The van der Waals surface area contributed by atoms with E-state index in [1.807, 2.05) is 25.1 Å². The number of aryl methyl sites for hydroxylation is 2. The Morgan fingerprint density at radius 2 is 1.68 bits per heavy atom. The lowest BCUT2D eigenvalue weighted by molar-refractivity contribution is -0.132. The van der Waals surface area contributed by atoms with Crippen LogP contribution in [0.1, 0.15) is 11.1 Å². The van der Waals surface area contributed by atoms with Crippen molar-refractivity contribution in [2.24, 2.45) is 0 Å². The molecule has 0 atom stereocenters. The fraction of sp³-hybridized carbons (Fsp3) is 0.304. The summed E-state index contributed by atoms with van der Waals surface area (Å²) >= 11 is 0. The lowest BCUT2D eigenvalue weighted by Gasteiger charge is -2.34. The smallest absolute Gasteiger partial charge is 0.243 e. The van der Waals surface area contributed by atoms with Crippen molar-refractivity contribution in [3.05, 3.63) is 76.1 Å². The highest BCUT2D eigenvalue weighted by molar-refractivity contribution is 7.89. The molecule has 7 nitrogen and oxygen atoms in total. The number of carbonyl (C=O) groups is 1. The van der Waals surface area contributed by atoms with Gasteiger partial charge in [0, 0.05) is 43.8 Å². The molecule has 0 spiro atoms. The number of hydrogen-bond acceptors (Lipinski definition) is 4. The normalized spacial score (nSPS) is 15.4. The van der Waals surface area contributed by atoms with Crippen molar-refractivity contribution in [2.75, 3.05) is 26.2 Å². The summed E-state index contributed by atoms with van der Waals surface area (Å²) in [5, 5.41) is 0.571. The van der Waals surface area contributed by atoms with E-state index in [0.29, 0.717) is 28.9 Å². The van der Waals surface area contributed by atoms with Gasteiger partial charge in [0.15, 0.2) is 5.43 Å². The minimum absolute atomic E-state index is 0.0791. The first-order valence-corrected chi connectivity index (χ1v) is 11.6. The summed E-state index contributed by atoms with van der Waals surface area (Å²) in [7, 11) is -3.60. The van der Waals surface area contributed by atoms with Gasteiger partial charge in [-0.2, -0.15) is 4.31 Å². The van der Waals surface area contributed by atoms with Crippen LogP contribution in [0.15, 0.2) is 64.4 Å². The number of pyridine rings is 1. The second-order valence-corrected chi connectivity index (χ2v) is 9.79. The van der Waals surface area contributed by atoms with Gasteiger partial charge in [-0.15, -0.1) is 0 Å². The van der Waals surface area contributed by atoms with Gasteiger partial charge in [-0.1, -0.05) is 29.8 Å². The molecule has 162 valence electrons. The molecule has 1 aliphatic rings. The molecule has 0 radical (unpaired) electrons. The standard InChI is InChI=1S/C23H25N3O4S/c1-17-7-8-22(18(2)15-17)31(29,30)26-13-11-24(12-14-26)23(28)16-25-10-9-21(27)19-5-3-4-6-20(19)25/h3-10,15H,11-14,16H2,1-2H3. The third-order valence-electron chi connectivity index (χ3n) is 5.73. The largest absolute Gasteiger partial charge is 0.339 e. The number of aromatic nitrogens is 1. The van der Waals surface area contributed by atoms with E-state index in [1.165, 1.54) is 10.4 Å². The predicted octanol–water partition coefficient (Wildman–Crippen LogP) is 2.15. The minimum atomic E-state index is -3.60. The molecule has 0 saturated carbocycles. The van der Waals surface area contributed by atoms with Crippen LogP contribution < -0.4 is 5.43 Å². The quantitative estimate of drug-likeness (QED) is 0.624. The highest BCUT2D eigenvalue weighted by Gasteiger charge is 2.31. The Labute approximate surface area is 181 Å². The molecule has 2 heterocycles. The Balaban J connectivity index is 1.46. The Hall–Kier alpha value is -2.97. The topological polar surface area (TPSA) is 79.7 Å². The van der Waals surface area contributed by atoms with Crippen LogP contribution in [0, 0.1) is 13.8 Å². The van der Waals surface area contributed by atoms with Crippen LogP contribution in [0.5, 0.6) is 0 Å². The maximum Gasteiger partial charge on any atom is 0.243 e. The average molecular weight is 440 g/mol. The second-order valence-electron chi connectivity index (χ2n) is 7.88. The number of carbonyl (C=O) groups excluding carboxylic acids is 1. The second kappa shape index (κ2) is 8.28. The number of rotatable bonds is 4. The summed E-state index contributed by atoms with van der Waals surface area (Å²) in [6.45, 7) is 5.01. The summed E-state index contributed by atoms with van der Waals surface area (Å²) in [5.74, 6) is -0.0997. The molecule has 0 unspecified atom stereocenters. The van der Waals surface area contributed by atoms with Gasteiger partial charge < -0.3 is 9.47 Å². The number of piperazine rings is 1. The molecule has 8 heteroatoms. The molecule has 0 bridgehead atoms. The zero-order chi connectivity index (χ0) is 22.2. The molecule has 3 aromatic rings. The molecule has 4 rings (SSSR count). The van der Waals surface area contributed by atoms with E-state index in [2.05, 4.69) is 0 Å². The van der Waals surface area contributed by atoms with Gasteiger partial charge in [0.25, 0.3) is 0 Å². The number of hydrogen-bond donors (Lipinski definition) is 0. The zero-order valence-electron chi connectivity index (χ0n) is 17.6. The summed E-state index contributed by atoms with van der Waals surface area (Å²) < 4.78 is 29.3. The van der Waals surface area contributed by atoms with E-state index < -0.39 is 10.0 Å². The molecular weight excluding hydrogens is 414 g/mol. The van der Waals surface area contributed by atoms with E-state index in [0.717, 1.165) is 11.1 Å². The fourth-order valence-electron chi connectivity index (χ4n) is 4.05. The van der Waals surface area contributed by atoms with Gasteiger partial charge in [0.1, 0.15) is 6.54 Å². The van der Waals surface area contributed by atoms with Crippen LogP contribution in [0.25, 0.3) is 10.9 Å².